The minimum atomic E-state index is 0.216. The summed E-state index contributed by atoms with van der Waals surface area (Å²) in [4.78, 5) is 0. The number of benzene rings is 2. The van der Waals surface area contributed by atoms with Gasteiger partial charge in [0.15, 0.2) is 0 Å². The van der Waals surface area contributed by atoms with E-state index < -0.39 is 0 Å². The maximum Gasteiger partial charge on any atom is 0.139 e. The van der Waals surface area contributed by atoms with Crippen molar-refractivity contribution in [3.63, 3.8) is 0 Å². The molecule has 0 saturated heterocycles. The van der Waals surface area contributed by atoms with Crippen LogP contribution < -0.4 is 5.32 Å². The zero-order valence-corrected chi connectivity index (χ0v) is 8.64. The second-order valence-corrected chi connectivity index (χ2v) is 3.37. The summed E-state index contributed by atoms with van der Waals surface area (Å²) < 4.78 is 0. The zero-order chi connectivity index (χ0) is 11.4. The average Bonchev–Trinajstić information content (AvgIpc) is 2.32. The molecule has 0 heterocycles. The van der Waals surface area contributed by atoms with Crippen molar-refractivity contribution in [2.45, 2.75) is 0 Å². The minimum Gasteiger partial charge on any atom is -0.506 e. The topological polar surface area (TPSA) is 32.3 Å². The second kappa shape index (κ2) is 4.41. The van der Waals surface area contributed by atoms with Crippen molar-refractivity contribution >= 4 is 11.4 Å². The molecule has 2 nitrogen and oxygen atoms in total. The van der Waals surface area contributed by atoms with Gasteiger partial charge in [-0.2, -0.15) is 0 Å². The van der Waals surface area contributed by atoms with Crippen LogP contribution in [0.15, 0.2) is 48.5 Å². The molecule has 0 aliphatic carbocycles. The highest BCUT2D eigenvalue weighted by molar-refractivity contribution is 5.66. The van der Waals surface area contributed by atoms with Crippen LogP contribution in [0.2, 0.25) is 0 Å². The number of phenols is 1. The monoisotopic (exact) mass is 209 g/mol. The van der Waals surface area contributed by atoms with Gasteiger partial charge in [-0.05, 0) is 30.3 Å². The van der Waals surface area contributed by atoms with E-state index in [1.165, 1.54) is 0 Å². The Hall–Kier alpha value is -2.40. The molecule has 78 valence electrons. The van der Waals surface area contributed by atoms with Crippen LogP contribution in [0.5, 0.6) is 5.75 Å². The third-order valence-corrected chi connectivity index (χ3v) is 2.21. The first kappa shape index (κ1) is 10.1. The first-order valence-electron chi connectivity index (χ1n) is 4.91. The number of hydrogen-bond acceptors (Lipinski definition) is 2. The molecule has 0 radical (unpaired) electrons. The maximum absolute atomic E-state index is 9.60. The number of anilines is 2. The summed E-state index contributed by atoms with van der Waals surface area (Å²) >= 11 is 0. The third kappa shape index (κ3) is 2.15. The number of hydrogen-bond donors (Lipinski definition) is 2. The van der Waals surface area contributed by atoms with E-state index in [0.29, 0.717) is 5.69 Å². The van der Waals surface area contributed by atoms with E-state index >= 15 is 0 Å². The predicted molar refractivity (Wildman–Crippen MR) is 65.8 cm³/mol. The molecule has 0 spiro atoms. The van der Waals surface area contributed by atoms with Crippen LogP contribution in [-0.2, 0) is 0 Å². The molecule has 0 aliphatic heterocycles. The lowest BCUT2D eigenvalue weighted by Gasteiger charge is -2.08. The molecule has 0 fully saturated rings. The molecular formula is C14H11NO. The van der Waals surface area contributed by atoms with Gasteiger partial charge in [0.1, 0.15) is 5.75 Å². The van der Waals surface area contributed by atoms with Crippen molar-refractivity contribution in [1.29, 1.82) is 0 Å². The van der Waals surface area contributed by atoms with Crippen LogP contribution in [0.4, 0.5) is 11.4 Å². The highest BCUT2D eigenvalue weighted by atomic mass is 16.3. The van der Waals surface area contributed by atoms with Gasteiger partial charge in [-0.3, -0.25) is 0 Å². The third-order valence-electron chi connectivity index (χ3n) is 2.21. The molecule has 2 heteroatoms. The Morgan fingerprint density at radius 1 is 1.06 bits per heavy atom. The largest absolute Gasteiger partial charge is 0.506 e. The van der Waals surface area contributed by atoms with Crippen LogP contribution in [0, 0.1) is 12.3 Å². The van der Waals surface area contributed by atoms with E-state index in [4.69, 9.17) is 6.42 Å². The van der Waals surface area contributed by atoms with Crippen LogP contribution >= 0.6 is 0 Å². The van der Waals surface area contributed by atoms with Crippen LogP contribution in [0.3, 0.4) is 0 Å². The summed E-state index contributed by atoms with van der Waals surface area (Å²) in [6.07, 6.45) is 5.31. The Labute approximate surface area is 94.6 Å². The van der Waals surface area contributed by atoms with Gasteiger partial charge in [0.2, 0.25) is 0 Å². The van der Waals surface area contributed by atoms with Gasteiger partial charge in [-0.25, -0.2) is 0 Å². The Balaban J connectivity index is 2.28. The highest BCUT2D eigenvalue weighted by Crippen LogP contribution is 2.25. The average molecular weight is 209 g/mol. The van der Waals surface area contributed by atoms with Gasteiger partial charge in [0.05, 0.1) is 5.69 Å². The van der Waals surface area contributed by atoms with Gasteiger partial charge in [0.25, 0.3) is 0 Å². The molecule has 0 unspecified atom stereocenters. The van der Waals surface area contributed by atoms with Crippen molar-refractivity contribution in [3.05, 3.63) is 54.1 Å². The quantitative estimate of drug-likeness (QED) is 0.588. The molecule has 16 heavy (non-hydrogen) atoms. The molecule has 2 aromatic carbocycles. The zero-order valence-electron chi connectivity index (χ0n) is 8.64. The number of rotatable bonds is 2. The van der Waals surface area contributed by atoms with Crippen molar-refractivity contribution in [3.8, 4) is 18.1 Å². The number of terminal acetylenes is 1. The van der Waals surface area contributed by atoms with Gasteiger partial charge < -0.3 is 10.4 Å². The van der Waals surface area contributed by atoms with Crippen LogP contribution in [-0.4, -0.2) is 5.11 Å². The van der Waals surface area contributed by atoms with Gasteiger partial charge in [-0.15, -0.1) is 6.42 Å². The van der Waals surface area contributed by atoms with Crippen molar-refractivity contribution in [1.82, 2.24) is 0 Å². The fraction of sp³-hybridized carbons (Fsp3) is 0. The smallest absolute Gasteiger partial charge is 0.139 e. The number of para-hydroxylation sites is 2. The van der Waals surface area contributed by atoms with E-state index in [2.05, 4.69) is 11.2 Å². The molecule has 0 bridgehead atoms. The van der Waals surface area contributed by atoms with E-state index in [1.807, 2.05) is 30.3 Å². The summed E-state index contributed by atoms with van der Waals surface area (Å²) in [5.74, 6) is 2.78. The summed E-state index contributed by atoms with van der Waals surface area (Å²) in [6.45, 7) is 0. The lowest BCUT2D eigenvalue weighted by atomic mass is 10.2. The molecule has 2 aromatic rings. The van der Waals surface area contributed by atoms with E-state index in [1.54, 1.807) is 18.2 Å². The molecule has 2 rings (SSSR count). The molecule has 2 N–H and O–H groups in total. The van der Waals surface area contributed by atoms with E-state index in [9.17, 15) is 5.11 Å². The standard InChI is InChI=1S/C14H11NO/c1-2-11-6-5-7-12(10-11)15-13-8-3-4-9-14(13)16/h1,3-10,15-16H. The summed E-state index contributed by atoms with van der Waals surface area (Å²) in [5, 5.41) is 12.7. The molecule has 0 aromatic heterocycles. The Bertz CT molecular complexity index is 540. The number of nitrogens with one attached hydrogen (secondary N) is 1. The molecule has 0 atom stereocenters. The summed E-state index contributed by atoms with van der Waals surface area (Å²) in [5.41, 5.74) is 2.33. The molecule has 0 amide bonds. The minimum absolute atomic E-state index is 0.216. The summed E-state index contributed by atoms with van der Waals surface area (Å²) in [6, 6.07) is 14.5. The first-order chi connectivity index (χ1) is 7.79. The number of phenolic OH excluding ortho intramolecular Hbond substituents is 1. The fourth-order valence-corrected chi connectivity index (χ4v) is 1.42. The highest BCUT2D eigenvalue weighted by Gasteiger charge is 1.99. The fourth-order valence-electron chi connectivity index (χ4n) is 1.42. The maximum atomic E-state index is 9.60. The van der Waals surface area contributed by atoms with Gasteiger partial charge >= 0.3 is 0 Å². The van der Waals surface area contributed by atoms with Crippen molar-refractivity contribution in [2.24, 2.45) is 0 Å². The lowest BCUT2D eigenvalue weighted by molar-refractivity contribution is 0.478. The Morgan fingerprint density at radius 2 is 1.88 bits per heavy atom. The number of aromatic hydroxyl groups is 1. The molecular weight excluding hydrogens is 198 g/mol. The Kier molecular flexibility index (Phi) is 2.79. The molecule has 0 saturated carbocycles. The predicted octanol–water partition coefficient (Wildman–Crippen LogP) is 3.12. The first-order valence-corrected chi connectivity index (χ1v) is 4.91. The van der Waals surface area contributed by atoms with Crippen LogP contribution in [0.25, 0.3) is 0 Å². The normalized spacial score (nSPS) is 9.44. The summed E-state index contributed by atoms with van der Waals surface area (Å²) in [7, 11) is 0. The van der Waals surface area contributed by atoms with Gasteiger partial charge in [-0.1, -0.05) is 24.1 Å². The molecule has 0 aliphatic rings. The lowest BCUT2D eigenvalue weighted by Crippen LogP contribution is -1.90. The van der Waals surface area contributed by atoms with Crippen LogP contribution in [0.1, 0.15) is 5.56 Å². The van der Waals surface area contributed by atoms with Crippen molar-refractivity contribution < 1.29 is 5.11 Å². The SMILES string of the molecule is C#Cc1cccc(Nc2ccccc2O)c1. The van der Waals surface area contributed by atoms with E-state index in [-0.39, 0.29) is 5.75 Å². The Morgan fingerprint density at radius 3 is 2.62 bits per heavy atom. The second-order valence-electron chi connectivity index (χ2n) is 3.37. The van der Waals surface area contributed by atoms with E-state index in [0.717, 1.165) is 11.3 Å². The van der Waals surface area contributed by atoms with Crippen molar-refractivity contribution in [2.75, 3.05) is 5.32 Å². The van der Waals surface area contributed by atoms with Gasteiger partial charge in [0, 0.05) is 11.3 Å².